The lowest BCUT2D eigenvalue weighted by atomic mass is 10.0. The molecule has 0 fully saturated rings. The average Bonchev–Trinajstić information content (AvgIpc) is 3.30. The van der Waals surface area contributed by atoms with Gasteiger partial charge >= 0.3 is 17.9 Å². The van der Waals surface area contributed by atoms with Crippen LogP contribution in [0.1, 0.15) is 45.2 Å². The number of amides is 3. The number of aromatic amines is 1. The van der Waals surface area contributed by atoms with Gasteiger partial charge in [-0.3, -0.25) is 24.0 Å². The summed E-state index contributed by atoms with van der Waals surface area (Å²) in [5, 5.41) is 34.2. The summed E-state index contributed by atoms with van der Waals surface area (Å²) >= 11 is 0. The maximum atomic E-state index is 13.0. The quantitative estimate of drug-likeness (QED) is 0.123. The molecule has 0 aliphatic rings. The van der Waals surface area contributed by atoms with Gasteiger partial charge in [-0.15, -0.1) is 0 Å². The number of nitrogens with two attached hydrogens (primary N) is 1. The van der Waals surface area contributed by atoms with Gasteiger partial charge in [0, 0.05) is 31.2 Å². The van der Waals surface area contributed by atoms with Gasteiger partial charge in [-0.25, -0.2) is 9.78 Å². The van der Waals surface area contributed by atoms with Crippen LogP contribution in [-0.2, 0) is 35.2 Å². The third-order valence-electron chi connectivity index (χ3n) is 5.13. The van der Waals surface area contributed by atoms with E-state index in [1.165, 1.54) is 12.5 Å². The van der Waals surface area contributed by atoms with Crippen molar-refractivity contribution < 1.29 is 44.1 Å². The Morgan fingerprint density at radius 3 is 1.94 bits per heavy atom. The molecule has 1 rings (SSSR count). The molecule has 9 N–H and O–H groups in total. The van der Waals surface area contributed by atoms with Gasteiger partial charge in [0.25, 0.3) is 0 Å². The monoisotopic (exact) mass is 512 g/mol. The van der Waals surface area contributed by atoms with E-state index >= 15 is 0 Å². The first-order valence-corrected chi connectivity index (χ1v) is 11.1. The molecule has 0 bridgehead atoms. The van der Waals surface area contributed by atoms with Crippen LogP contribution >= 0.6 is 0 Å². The van der Waals surface area contributed by atoms with E-state index in [2.05, 4.69) is 25.9 Å². The number of carbonyl (C=O) groups is 6. The molecule has 4 unspecified atom stereocenters. The third kappa shape index (κ3) is 10.5. The molecule has 15 nitrogen and oxygen atoms in total. The Balaban J connectivity index is 3.07. The Kier molecular flexibility index (Phi) is 12.0. The van der Waals surface area contributed by atoms with Crippen molar-refractivity contribution in [2.45, 2.75) is 70.1 Å². The predicted octanol–water partition coefficient (Wildman–Crippen LogP) is -1.80. The summed E-state index contributed by atoms with van der Waals surface area (Å²) in [6.07, 6.45) is 1.16. The summed E-state index contributed by atoms with van der Waals surface area (Å²) < 4.78 is 0. The zero-order valence-corrected chi connectivity index (χ0v) is 19.9. The van der Waals surface area contributed by atoms with Crippen molar-refractivity contribution in [1.29, 1.82) is 0 Å². The van der Waals surface area contributed by atoms with Crippen LogP contribution in [0.5, 0.6) is 0 Å². The fourth-order valence-electron chi connectivity index (χ4n) is 3.09. The van der Waals surface area contributed by atoms with Crippen molar-refractivity contribution in [2.24, 2.45) is 11.7 Å². The number of aliphatic carboxylic acids is 3. The highest BCUT2D eigenvalue weighted by molar-refractivity contribution is 5.94. The van der Waals surface area contributed by atoms with Gasteiger partial charge in [-0.2, -0.15) is 0 Å². The molecule has 1 heterocycles. The number of H-pyrrole nitrogens is 1. The van der Waals surface area contributed by atoms with Crippen LogP contribution < -0.4 is 21.7 Å². The van der Waals surface area contributed by atoms with Crippen LogP contribution in [0, 0.1) is 5.92 Å². The number of nitrogens with one attached hydrogen (secondary N) is 4. The SMILES string of the molecule is CC(C)C(NC(=O)C(Cc1cnc[nH]1)NC(=O)C(CCC(=O)O)NC(=O)C(N)CCC(=O)O)C(=O)O. The Morgan fingerprint density at radius 1 is 0.889 bits per heavy atom. The number of hydrogen-bond donors (Lipinski definition) is 8. The van der Waals surface area contributed by atoms with Gasteiger partial charge in [-0.05, 0) is 18.8 Å². The molecule has 0 radical (unpaired) electrons. The van der Waals surface area contributed by atoms with E-state index in [0.717, 1.165) is 0 Å². The number of carbonyl (C=O) groups excluding carboxylic acids is 3. The van der Waals surface area contributed by atoms with Gasteiger partial charge in [0.1, 0.15) is 18.1 Å². The van der Waals surface area contributed by atoms with Crippen molar-refractivity contribution in [3.05, 3.63) is 18.2 Å². The molecule has 1 aromatic rings. The largest absolute Gasteiger partial charge is 0.481 e. The van der Waals surface area contributed by atoms with Crippen molar-refractivity contribution in [2.75, 3.05) is 0 Å². The molecule has 1 aromatic heterocycles. The lowest BCUT2D eigenvalue weighted by Gasteiger charge is -2.25. The molecule has 0 saturated carbocycles. The van der Waals surface area contributed by atoms with Gasteiger partial charge in [0.05, 0.1) is 12.4 Å². The Hall–Kier alpha value is -4.01. The van der Waals surface area contributed by atoms with E-state index in [-0.39, 0.29) is 19.3 Å². The number of hydrogen-bond acceptors (Lipinski definition) is 8. The van der Waals surface area contributed by atoms with Crippen molar-refractivity contribution in [3.63, 3.8) is 0 Å². The van der Waals surface area contributed by atoms with E-state index in [1.807, 2.05) is 0 Å². The molecule has 3 amide bonds. The second kappa shape index (κ2) is 14.4. The topological polar surface area (TPSA) is 254 Å². The van der Waals surface area contributed by atoms with Crippen molar-refractivity contribution >= 4 is 35.6 Å². The first-order chi connectivity index (χ1) is 16.8. The molecule has 0 aromatic carbocycles. The lowest BCUT2D eigenvalue weighted by molar-refractivity contribution is -0.143. The zero-order valence-electron chi connectivity index (χ0n) is 19.9. The fraction of sp³-hybridized carbons (Fsp3) is 0.571. The van der Waals surface area contributed by atoms with E-state index in [4.69, 9.17) is 15.9 Å². The molecule has 4 atom stereocenters. The third-order valence-corrected chi connectivity index (χ3v) is 5.13. The van der Waals surface area contributed by atoms with Crippen LogP contribution in [0.3, 0.4) is 0 Å². The summed E-state index contributed by atoms with van der Waals surface area (Å²) in [6.45, 7) is 3.18. The van der Waals surface area contributed by atoms with Crippen LogP contribution in [0.2, 0.25) is 0 Å². The van der Waals surface area contributed by atoms with Gasteiger partial charge in [0.15, 0.2) is 0 Å². The second-order valence-electron chi connectivity index (χ2n) is 8.44. The van der Waals surface area contributed by atoms with E-state index in [0.29, 0.717) is 5.69 Å². The smallest absolute Gasteiger partial charge is 0.326 e. The maximum Gasteiger partial charge on any atom is 0.326 e. The Labute approximate surface area is 206 Å². The van der Waals surface area contributed by atoms with Crippen molar-refractivity contribution in [1.82, 2.24) is 25.9 Å². The van der Waals surface area contributed by atoms with Gasteiger partial charge in [0.2, 0.25) is 17.7 Å². The van der Waals surface area contributed by atoms with Crippen LogP contribution in [0.15, 0.2) is 12.5 Å². The molecule has 15 heteroatoms. The molecule has 0 aliphatic heterocycles. The molecule has 0 saturated heterocycles. The number of nitrogens with zero attached hydrogens (tertiary/aromatic N) is 1. The fourth-order valence-corrected chi connectivity index (χ4v) is 3.09. The standard InChI is InChI=1S/C21H32N6O9/c1-10(2)17(21(35)36)27-20(34)14(7-11-8-23-9-24-11)26-19(33)13(4-6-16(30)31)25-18(32)12(22)3-5-15(28)29/h8-10,12-14,17H,3-7,22H2,1-2H3,(H,23,24)(H,25,32)(H,26,33)(H,27,34)(H,28,29)(H,30,31)(H,35,36). The second-order valence-corrected chi connectivity index (χ2v) is 8.44. The van der Waals surface area contributed by atoms with Gasteiger partial charge < -0.3 is 42.0 Å². The number of imidazole rings is 1. The van der Waals surface area contributed by atoms with Gasteiger partial charge in [-0.1, -0.05) is 13.8 Å². The molecule has 0 spiro atoms. The zero-order chi connectivity index (χ0) is 27.4. The number of carboxylic acids is 3. The van der Waals surface area contributed by atoms with Crippen LogP contribution in [-0.4, -0.2) is 85.1 Å². The summed E-state index contributed by atoms with van der Waals surface area (Å²) in [7, 11) is 0. The highest BCUT2D eigenvalue weighted by atomic mass is 16.4. The minimum atomic E-state index is -1.41. The Bertz CT molecular complexity index is 934. The van der Waals surface area contributed by atoms with E-state index in [1.54, 1.807) is 13.8 Å². The Morgan fingerprint density at radius 2 is 1.44 bits per heavy atom. The minimum absolute atomic E-state index is 0.111. The summed E-state index contributed by atoms with van der Waals surface area (Å²) in [5.74, 6) is -6.76. The molecule has 36 heavy (non-hydrogen) atoms. The highest BCUT2D eigenvalue weighted by Crippen LogP contribution is 2.07. The summed E-state index contributed by atoms with van der Waals surface area (Å²) in [4.78, 5) is 78.1. The maximum absolute atomic E-state index is 13.0. The number of aromatic nitrogens is 2. The van der Waals surface area contributed by atoms with Crippen molar-refractivity contribution in [3.8, 4) is 0 Å². The van der Waals surface area contributed by atoms with E-state index in [9.17, 15) is 33.9 Å². The predicted molar refractivity (Wildman–Crippen MR) is 122 cm³/mol. The number of rotatable bonds is 16. The van der Waals surface area contributed by atoms with E-state index < -0.39 is 78.6 Å². The first-order valence-electron chi connectivity index (χ1n) is 11.1. The van der Waals surface area contributed by atoms with Crippen LogP contribution in [0.25, 0.3) is 0 Å². The van der Waals surface area contributed by atoms with Crippen LogP contribution in [0.4, 0.5) is 0 Å². The molecule has 200 valence electrons. The summed E-state index contributed by atoms with van der Waals surface area (Å²) in [6, 6.07) is -5.23. The molecular formula is C21H32N6O9. The molecule has 0 aliphatic carbocycles. The molecular weight excluding hydrogens is 480 g/mol. The normalized spacial score (nSPS) is 14.2. The first kappa shape index (κ1) is 30.0. The lowest BCUT2D eigenvalue weighted by Crippen LogP contribution is -2.58. The minimum Gasteiger partial charge on any atom is -0.481 e. The highest BCUT2D eigenvalue weighted by Gasteiger charge is 2.32. The summed E-state index contributed by atoms with van der Waals surface area (Å²) in [5.41, 5.74) is 6.11. The average molecular weight is 513 g/mol. The number of carboxylic acid groups (broad SMARTS) is 3.